The zero-order chi connectivity index (χ0) is 9.14. The third-order valence-electron chi connectivity index (χ3n) is 1.45. The highest BCUT2D eigenvalue weighted by atomic mass is 35.5. The summed E-state index contributed by atoms with van der Waals surface area (Å²) in [6.07, 6.45) is 0. The van der Waals surface area contributed by atoms with Gasteiger partial charge in [0.05, 0.1) is 0 Å². The summed E-state index contributed by atoms with van der Waals surface area (Å²) in [7, 11) is 0. The Balaban J connectivity index is 2.93. The maximum Gasteiger partial charge on any atom is 0.316 e. The first-order valence-corrected chi connectivity index (χ1v) is 3.80. The molecule has 0 saturated heterocycles. The first-order chi connectivity index (χ1) is 5.59. The van der Waals surface area contributed by atoms with Gasteiger partial charge in [0.2, 0.25) is 0 Å². The number of benzene rings is 1. The number of halogens is 1. The number of carbonyl (C=O) groups excluding carboxylic acids is 1. The molecule has 1 aromatic rings. The molecule has 3 N–H and O–H groups in total. The van der Waals surface area contributed by atoms with Crippen LogP contribution in [0.25, 0.3) is 0 Å². The van der Waals surface area contributed by atoms with Gasteiger partial charge in [-0.15, -0.1) is 0 Å². The van der Waals surface area contributed by atoms with Crippen LogP contribution in [0, 0.1) is 6.92 Å². The van der Waals surface area contributed by atoms with Crippen molar-refractivity contribution in [2.45, 2.75) is 6.92 Å². The number of hydrogen-bond donors (Lipinski definition) is 2. The fraction of sp³-hybridized carbons (Fsp3) is 0.125. The molecular formula is C8H9ClN2O. The van der Waals surface area contributed by atoms with Crippen LogP contribution in [-0.4, -0.2) is 6.03 Å². The monoisotopic (exact) mass is 184 g/mol. The zero-order valence-corrected chi connectivity index (χ0v) is 7.35. The van der Waals surface area contributed by atoms with E-state index < -0.39 is 6.03 Å². The minimum Gasteiger partial charge on any atom is -0.351 e. The second-order valence-corrected chi connectivity index (χ2v) is 2.88. The quantitative estimate of drug-likeness (QED) is 0.690. The maximum absolute atomic E-state index is 10.5. The lowest BCUT2D eigenvalue weighted by atomic mass is 10.2. The van der Waals surface area contributed by atoms with E-state index in [9.17, 15) is 4.79 Å². The molecule has 1 rings (SSSR count). The third kappa shape index (κ3) is 2.13. The largest absolute Gasteiger partial charge is 0.351 e. The predicted molar refractivity (Wildman–Crippen MR) is 49.4 cm³/mol. The van der Waals surface area contributed by atoms with E-state index in [-0.39, 0.29) is 0 Å². The molecule has 0 radical (unpaired) electrons. The summed E-state index contributed by atoms with van der Waals surface area (Å²) >= 11 is 5.71. The minimum absolute atomic E-state index is 0.569. The van der Waals surface area contributed by atoms with E-state index >= 15 is 0 Å². The van der Waals surface area contributed by atoms with Crippen LogP contribution in [0.2, 0.25) is 5.02 Å². The number of hydrogen-bond acceptors (Lipinski definition) is 1. The molecule has 4 heteroatoms. The normalized spacial score (nSPS) is 9.50. The lowest BCUT2D eigenvalue weighted by Crippen LogP contribution is -2.19. The van der Waals surface area contributed by atoms with Crippen molar-refractivity contribution in [3.8, 4) is 0 Å². The molecule has 0 bridgehead atoms. The number of carbonyl (C=O) groups is 1. The van der Waals surface area contributed by atoms with Gasteiger partial charge in [0.1, 0.15) is 0 Å². The van der Waals surface area contributed by atoms with E-state index in [0.29, 0.717) is 10.7 Å². The topological polar surface area (TPSA) is 55.1 Å². The number of primary amides is 1. The standard InChI is InChI=1S/C8H9ClN2O/c1-5-4-6(9)2-3-7(5)11-8(10)12/h2-4H,1H3,(H3,10,11,12). The second-order valence-electron chi connectivity index (χ2n) is 2.45. The molecule has 0 atom stereocenters. The van der Waals surface area contributed by atoms with Gasteiger partial charge >= 0.3 is 6.03 Å². The average molecular weight is 185 g/mol. The molecule has 0 fully saturated rings. The molecule has 12 heavy (non-hydrogen) atoms. The van der Waals surface area contributed by atoms with E-state index in [2.05, 4.69) is 5.32 Å². The summed E-state index contributed by atoms with van der Waals surface area (Å²) in [6.45, 7) is 1.84. The minimum atomic E-state index is -0.569. The lowest BCUT2D eigenvalue weighted by molar-refractivity contribution is 0.259. The van der Waals surface area contributed by atoms with Gasteiger partial charge in [-0.3, -0.25) is 0 Å². The molecule has 0 aliphatic rings. The molecule has 64 valence electrons. The van der Waals surface area contributed by atoms with Crippen LogP contribution in [0.4, 0.5) is 10.5 Å². The second kappa shape index (κ2) is 3.45. The van der Waals surface area contributed by atoms with Gasteiger partial charge < -0.3 is 11.1 Å². The SMILES string of the molecule is Cc1cc(Cl)ccc1NC(N)=O. The van der Waals surface area contributed by atoms with Gasteiger partial charge in [-0.1, -0.05) is 11.6 Å². The Hall–Kier alpha value is -1.22. The first kappa shape index (κ1) is 8.87. The van der Waals surface area contributed by atoms with Crippen LogP contribution in [0.1, 0.15) is 5.56 Å². The summed E-state index contributed by atoms with van der Waals surface area (Å²) in [4.78, 5) is 10.5. The fourth-order valence-corrected chi connectivity index (χ4v) is 1.13. The lowest BCUT2D eigenvalue weighted by Gasteiger charge is -2.05. The van der Waals surface area contributed by atoms with E-state index in [1.165, 1.54) is 0 Å². The van der Waals surface area contributed by atoms with Crippen molar-refractivity contribution >= 4 is 23.3 Å². The van der Waals surface area contributed by atoms with E-state index in [1.54, 1.807) is 18.2 Å². The average Bonchev–Trinajstić information content (AvgIpc) is 1.94. The van der Waals surface area contributed by atoms with E-state index in [4.69, 9.17) is 17.3 Å². The van der Waals surface area contributed by atoms with E-state index in [0.717, 1.165) is 5.56 Å². The summed E-state index contributed by atoms with van der Waals surface area (Å²) in [5.41, 5.74) is 6.53. The van der Waals surface area contributed by atoms with Crippen molar-refractivity contribution in [2.75, 3.05) is 5.32 Å². The Morgan fingerprint density at radius 3 is 2.75 bits per heavy atom. The molecule has 0 aliphatic heterocycles. The highest BCUT2D eigenvalue weighted by Crippen LogP contribution is 2.18. The molecule has 2 amide bonds. The van der Waals surface area contributed by atoms with Gasteiger partial charge in [0.15, 0.2) is 0 Å². The highest BCUT2D eigenvalue weighted by molar-refractivity contribution is 6.30. The Morgan fingerprint density at radius 1 is 1.58 bits per heavy atom. The molecular weight excluding hydrogens is 176 g/mol. The van der Waals surface area contributed by atoms with Crippen molar-refractivity contribution in [1.82, 2.24) is 0 Å². The number of nitrogens with one attached hydrogen (secondary N) is 1. The van der Waals surface area contributed by atoms with Crippen LogP contribution in [0.15, 0.2) is 18.2 Å². The molecule has 3 nitrogen and oxygen atoms in total. The summed E-state index contributed by atoms with van der Waals surface area (Å²) in [5, 5.41) is 3.12. The number of rotatable bonds is 1. The van der Waals surface area contributed by atoms with Gasteiger partial charge in [-0.2, -0.15) is 0 Å². The number of nitrogens with two attached hydrogens (primary N) is 1. The van der Waals surface area contributed by atoms with Crippen molar-refractivity contribution in [3.05, 3.63) is 28.8 Å². The Morgan fingerprint density at radius 2 is 2.25 bits per heavy atom. The molecule has 0 saturated carbocycles. The van der Waals surface area contributed by atoms with Crippen molar-refractivity contribution in [3.63, 3.8) is 0 Å². The number of anilines is 1. The zero-order valence-electron chi connectivity index (χ0n) is 6.60. The smallest absolute Gasteiger partial charge is 0.316 e. The predicted octanol–water partition coefficient (Wildman–Crippen LogP) is 2.14. The van der Waals surface area contributed by atoms with Crippen molar-refractivity contribution in [1.29, 1.82) is 0 Å². The van der Waals surface area contributed by atoms with Crippen LogP contribution in [0.3, 0.4) is 0 Å². The highest BCUT2D eigenvalue weighted by Gasteiger charge is 1.99. The molecule has 0 unspecified atom stereocenters. The summed E-state index contributed by atoms with van der Waals surface area (Å²) in [5.74, 6) is 0. The van der Waals surface area contributed by atoms with Gasteiger partial charge in [-0.25, -0.2) is 4.79 Å². The first-order valence-electron chi connectivity index (χ1n) is 3.42. The molecule has 0 aromatic heterocycles. The maximum atomic E-state index is 10.5. The van der Waals surface area contributed by atoms with Crippen molar-refractivity contribution in [2.24, 2.45) is 5.73 Å². The molecule has 0 aliphatic carbocycles. The Labute approximate surface area is 75.5 Å². The Kier molecular flexibility index (Phi) is 2.55. The molecule has 1 aromatic carbocycles. The molecule has 0 spiro atoms. The van der Waals surface area contributed by atoms with Crippen molar-refractivity contribution < 1.29 is 4.79 Å². The number of amides is 2. The Bertz CT molecular complexity index is 312. The van der Waals surface area contributed by atoms with Gasteiger partial charge in [0, 0.05) is 10.7 Å². The van der Waals surface area contributed by atoms with Crippen LogP contribution in [-0.2, 0) is 0 Å². The third-order valence-corrected chi connectivity index (χ3v) is 1.68. The van der Waals surface area contributed by atoms with E-state index in [1.807, 2.05) is 6.92 Å². The summed E-state index contributed by atoms with van der Waals surface area (Å²) < 4.78 is 0. The molecule has 0 heterocycles. The summed E-state index contributed by atoms with van der Waals surface area (Å²) in [6, 6.07) is 4.59. The van der Waals surface area contributed by atoms with Gasteiger partial charge in [-0.05, 0) is 30.7 Å². The van der Waals surface area contributed by atoms with Gasteiger partial charge in [0.25, 0.3) is 0 Å². The number of urea groups is 1. The van der Waals surface area contributed by atoms with Crippen LogP contribution in [0.5, 0.6) is 0 Å². The van der Waals surface area contributed by atoms with Crippen LogP contribution < -0.4 is 11.1 Å². The van der Waals surface area contributed by atoms with Crippen LogP contribution >= 0.6 is 11.6 Å². The fourth-order valence-electron chi connectivity index (χ4n) is 0.900. The number of aryl methyl sites for hydroxylation is 1.